The van der Waals surface area contributed by atoms with Crippen LogP contribution >= 0.6 is 0 Å². The number of nitrogens with one attached hydrogen (secondary N) is 3. The van der Waals surface area contributed by atoms with E-state index >= 15 is 0 Å². The lowest BCUT2D eigenvalue weighted by Gasteiger charge is -2.08. The van der Waals surface area contributed by atoms with Gasteiger partial charge in [-0.15, -0.1) is 5.10 Å². The van der Waals surface area contributed by atoms with Crippen LogP contribution in [-0.2, 0) is 12.8 Å². The third kappa shape index (κ3) is 4.43. The molecule has 0 unspecified atom stereocenters. The van der Waals surface area contributed by atoms with E-state index in [0.29, 0.717) is 24.9 Å². The Balaban J connectivity index is 1.28. The number of aromatic nitrogens is 4. The van der Waals surface area contributed by atoms with Gasteiger partial charge in [0.25, 0.3) is 0 Å². The highest BCUT2D eigenvalue weighted by atomic mass is 19.1. The van der Waals surface area contributed by atoms with Gasteiger partial charge in [-0.05, 0) is 42.2 Å². The molecule has 0 aliphatic heterocycles. The van der Waals surface area contributed by atoms with Gasteiger partial charge in [0, 0.05) is 30.2 Å². The van der Waals surface area contributed by atoms with Crippen LogP contribution in [0.1, 0.15) is 11.1 Å². The van der Waals surface area contributed by atoms with Crippen LogP contribution in [0.25, 0.3) is 10.9 Å². The maximum absolute atomic E-state index is 12.9. The summed E-state index contributed by atoms with van der Waals surface area (Å²) >= 11 is 0. The number of benzene rings is 2. The number of H-pyrrole nitrogens is 1. The van der Waals surface area contributed by atoms with Crippen LogP contribution in [0.5, 0.6) is 0 Å². The van der Waals surface area contributed by atoms with E-state index in [9.17, 15) is 4.39 Å². The van der Waals surface area contributed by atoms with Crippen molar-refractivity contribution < 1.29 is 4.39 Å². The molecular weight excluding hydrogens is 355 g/mol. The summed E-state index contributed by atoms with van der Waals surface area (Å²) in [7, 11) is 0. The van der Waals surface area contributed by atoms with E-state index in [-0.39, 0.29) is 5.82 Å². The first kappa shape index (κ1) is 17.9. The molecule has 28 heavy (non-hydrogen) atoms. The van der Waals surface area contributed by atoms with Crippen molar-refractivity contribution in [3.63, 3.8) is 0 Å². The first-order valence-electron chi connectivity index (χ1n) is 9.25. The van der Waals surface area contributed by atoms with Crippen LogP contribution in [0.15, 0.2) is 60.9 Å². The molecule has 0 aliphatic rings. The topological polar surface area (TPSA) is 78.5 Å². The number of rotatable bonds is 8. The highest BCUT2D eigenvalue weighted by Crippen LogP contribution is 2.18. The molecule has 0 bridgehead atoms. The zero-order chi connectivity index (χ0) is 19.2. The second kappa shape index (κ2) is 8.47. The molecule has 0 fully saturated rings. The number of halogens is 1. The Hall–Kier alpha value is -3.48. The summed E-state index contributed by atoms with van der Waals surface area (Å²) in [5.41, 5.74) is 3.46. The van der Waals surface area contributed by atoms with Gasteiger partial charge in [-0.25, -0.2) is 4.39 Å². The van der Waals surface area contributed by atoms with Gasteiger partial charge < -0.3 is 15.6 Å². The van der Waals surface area contributed by atoms with E-state index in [1.54, 1.807) is 18.3 Å². The summed E-state index contributed by atoms with van der Waals surface area (Å²) < 4.78 is 12.9. The predicted octanol–water partition coefficient (Wildman–Crippen LogP) is 3.80. The second-order valence-electron chi connectivity index (χ2n) is 6.50. The summed E-state index contributed by atoms with van der Waals surface area (Å²) in [5, 5.41) is 15.7. The fraction of sp³-hybridized carbons (Fsp3) is 0.190. The Morgan fingerprint density at radius 2 is 1.75 bits per heavy atom. The third-order valence-corrected chi connectivity index (χ3v) is 4.54. The van der Waals surface area contributed by atoms with E-state index in [0.717, 1.165) is 23.9 Å². The lowest BCUT2D eigenvalue weighted by atomic mass is 10.1. The smallest absolute Gasteiger partial charge is 0.244 e. The molecular formula is C21H21FN6. The van der Waals surface area contributed by atoms with Gasteiger partial charge in [0.1, 0.15) is 5.82 Å². The molecule has 6 nitrogen and oxygen atoms in total. The number of hydrogen-bond acceptors (Lipinski definition) is 5. The summed E-state index contributed by atoms with van der Waals surface area (Å²) in [6, 6.07) is 14.8. The summed E-state index contributed by atoms with van der Waals surface area (Å²) in [6.45, 7) is 1.39. The first-order valence-corrected chi connectivity index (χ1v) is 9.25. The van der Waals surface area contributed by atoms with Crippen molar-refractivity contribution in [3.05, 3.63) is 77.9 Å². The molecule has 142 valence electrons. The predicted molar refractivity (Wildman–Crippen MR) is 109 cm³/mol. The minimum Gasteiger partial charge on any atom is -0.368 e. The van der Waals surface area contributed by atoms with Crippen molar-refractivity contribution in [1.29, 1.82) is 0 Å². The Kier molecular flexibility index (Phi) is 5.42. The van der Waals surface area contributed by atoms with Crippen molar-refractivity contribution in [2.45, 2.75) is 12.8 Å². The van der Waals surface area contributed by atoms with E-state index in [1.165, 1.54) is 23.1 Å². The Morgan fingerprint density at radius 1 is 0.929 bits per heavy atom. The monoisotopic (exact) mass is 376 g/mol. The molecule has 0 spiro atoms. The van der Waals surface area contributed by atoms with Crippen molar-refractivity contribution in [2.24, 2.45) is 0 Å². The summed E-state index contributed by atoms with van der Waals surface area (Å²) in [5.74, 6) is 0.929. The number of fused-ring (bicyclic) bond motifs is 1. The molecule has 3 N–H and O–H groups in total. The van der Waals surface area contributed by atoms with Gasteiger partial charge in [-0.1, -0.05) is 30.3 Å². The fourth-order valence-corrected chi connectivity index (χ4v) is 3.10. The number of nitrogens with zero attached hydrogens (tertiary/aromatic N) is 3. The van der Waals surface area contributed by atoms with Crippen LogP contribution in [0.2, 0.25) is 0 Å². The first-order chi connectivity index (χ1) is 13.8. The summed E-state index contributed by atoms with van der Waals surface area (Å²) in [4.78, 5) is 7.72. The van der Waals surface area contributed by atoms with Crippen molar-refractivity contribution in [1.82, 2.24) is 20.2 Å². The molecule has 2 heterocycles. The molecule has 2 aromatic carbocycles. The number of aromatic amines is 1. The maximum Gasteiger partial charge on any atom is 0.244 e. The van der Waals surface area contributed by atoms with Gasteiger partial charge in [0.15, 0.2) is 5.82 Å². The molecule has 0 saturated heterocycles. The van der Waals surface area contributed by atoms with Crippen molar-refractivity contribution in [3.8, 4) is 0 Å². The van der Waals surface area contributed by atoms with Gasteiger partial charge >= 0.3 is 0 Å². The highest BCUT2D eigenvalue weighted by Gasteiger charge is 2.04. The van der Waals surface area contributed by atoms with Crippen LogP contribution < -0.4 is 10.6 Å². The van der Waals surface area contributed by atoms with Crippen LogP contribution in [0.4, 0.5) is 16.2 Å². The van der Waals surface area contributed by atoms with Crippen LogP contribution in [0, 0.1) is 5.82 Å². The number of para-hydroxylation sites is 1. The van der Waals surface area contributed by atoms with E-state index in [4.69, 9.17) is 0 Å². The number of hydrogen-bond donors (Lipinski definition) is 3. The second-order valence-corrected chi connectivity index (χ2v) is 6.50. The van der Waals surface area contributed by atoms with Crippen LogP contribution in [0.3, 0.4) is 0 Å². The molecule has 2 aromatic heterocycles. The van der Waals surface area contributed by atoms with E-state index in [2.05, 4.69) is 42.9 Å². The Morgan fingerprint density at radius 3 is 2.64 bits per heavy atom. The average molecular weight is 376 g/mol. The minimum absolute atomic E-state index is 0.222. The van der Waals surface area contributed by atoms with Gasteiger partial charge in [-0.3, -0.25) is 0 Å². The fourth-order valence-electron chi connectivity index (χ4n) is 3.10. The van der Waals surface area contributed by atoms with Gasteiger partial charge in [0.2, 0.25) is 5.95 Å². The lowest BCUT2D eigenvalue weighted by molar-refractivity contribution is 0.627. The lowest BCUT2D eigenvalue weighted by Crippen LogP contribution is -2.11. The quantitative estimate of drug-likeness (QED) is 0.436. The molecule has 0 atom stereocenters. The molecule has 7 heteroatoms. The van der Waals surface area contributed by atoms with Crippen LogP contribution in [-0.4, -0.2) is 33.3 Å². The van der Waals surface area contributed by atoms with E-state index in [1.807, 2.05) is 18.3 Å². The Labute approximate surface area is 162 Å². The third-order valence-electron chi connectivity index (χ3n) is 4.54. The molecule has 0 aliphatic carbocycles. The number of anilines is 2. The molecule has 4 aromatic rings. The largest absolute Gasteiger partial charge is 0.368 e. The standard InChI is InChI=1S/C21H21FN6/c22-17-7-5-15(6-8-17)9-11-23-20-14-26-28-21(27-20)24-12-10-16-13-25-19-4-2-1-3-18(16)19/h1-8,13-14,25H,9-12H2,(H2,23,24,27,28). The van der Waals surface area contributed by atoms with Gasteiger partial charge in [0.05, 0.1) is 6.20 Å². The van der Waals surface area contributed by atoms with Crippen molar-refractivity contribution in [2.75, 3.05) is 23.7 Å². The summed E-state index contributed by atoms with van der Waals surface area (Å²) in [6.07, 6.45) is 5.26. The van der Waals surface area contributed by atoms with E-state index < -0.39 is 0 Å². The molecule has 0 saturated carbocycles. The van der Waals surface area contributed by atoms with Gasteiger partial charge in [-0.2, -0.15) is 10.1 Å². The maximum atomic E-state index is 12.9. The molecule has 4 rings (SSSR count). The zero-order valence-corrected chi connectivity index (χ0v) is 15.3. The minimum atomic E-state index is -0.222. The SMILES string of the molecule is Fc1ccc(CCNc2cnnc(NCCc3c[nH]c4ccccc34)n2)cc1. The zero-order valence-electron chi connectivity index (χ0n) is 15.3. The molecule has 0 radical (unpaired) electrons. The average Bonchev–Trinajstić information content (AvgIpc) is 3.13. The van der Waals surface area contributed by atoms with Crippen molar-refractivity contribution >= 4 is 22.7 Å². The highest BCUT2D eigenvalue weighted by molar-refractivity contribution is 5.83. The Bertz CT molecular complexity index is 1040. The normalized spacial score (nSPS) is 10.9. The molecule has 0 amide bonds.